The number of ether oxygens (including phenoxy) is 1. The van der Waals surface area contributed by atoms with E-state index in [1.165, 1.54) is 0 Å². The lowest BCUT2D eigenvalue weighted by Crippen LogP contribution is -1.92. The summed E-state index contributed by atoms with van der Waals surface area (Å²) in [6.45, 7) is 0.567. The van der Waals surface area contributed by atoms with Crippen molar-refractivity contribution in [2.75, 3.05) is 6.61 Å². The molecule has 0 bridgehead atoms. The van der Waals surface area contributed by atoms with Gasteiger partial charge in [-0.1, -0.05) is 6.08 Å². The van der Waals surface area contributed by atoms with Crippen molar-refractivity contribution in [1.82, 2.24) is 4.98 Å². The van der Waals surface area contributed by atoms with Gasteiger partial charge in [-0.3, -0.25) is 0 Å². The second-order valence-corrected chi connectivity index (χ2v) is 2.51. The van der Waals surface area contributed by atoms with E-state index in [0.29, 0.717) is 12.5 Å². The van der Waals surface area contributed by atoms with Crippen LogP contribution in [0, 0.1) is 0 Å². The average molecular weight is 175 g/mol. The largest absolute Gasteiger partial charge is 0.472 e. The second kappa shape index (κ2) is 3.71. The normalized spacial score (nSPS) is 15.8. The van der Waals surface area contributed by atoms with Crippen LogP contribution in [-0.4, -0.2) is 11.6 Å². The number of nitrogens with zero attached hydrogens (tertiary/aromatic N) is 2. The van der Waals surface area contributed by atoms with Crippen LogP contribution in [0.15, 0.2) is 52.8 Å². The molecule has 1 aromatic heterocycles. The standard InChI is InChI=1S/C9H9N3O/c1-2-6-13-9(3-1)12-11-8-4-5-10-7-8/h1-5,7,10H,6H2. The van der Waals surface area contributed by atoms with E-state index in [2.05, 4.69) is 15.2 Å². The highest BCUT2D eigenvalue weighted by atomic mass is 16.5. The Kier molecular flexibility index (Phi) is 2.22. The predicted molar refractivity (Wildman–Crippen MR) is 48.5 cm³/mol. The first-order chi connectivity index (χ1) is 6.45. The lowest BCUT2D eigenvalue weighted by atomic mass is 10.4. The van der Waals surface area contributed by atoms with Gasteiger partial charge >= 0.3 is 0 Å². The fourth-order valence-corrected chi connectivity index (χ4v) is 0.934. The van der Waals surface area contributed by atoms with Gasteiger partial charge in [0, 0.05) is 18.5 Å². The maximum atomic E-state index is 5.18. The SMILES string of the molecule is C1=CCOC(N=Nc2cc[nH]c2)=C1. The molecule has 1 aromatic rings. The molecule has 1 aliphatic heterocycles. The number of hydrogen-bond acceptors (Lipinski definition) is 3. The van der Waals surface area contributed by atoms with Crippen LogP contribution in [0.25, 0.3) is 0 Å². The van der Waals surface area contributed by atoms with Crippen LogP contribution in [0.3, 0.4) is 0 Å². The van der Waals surface area contributed by atoms with E-state index >= 15 is 0 Å². The highest BCUT2D eigenvalue weighted by molar-refractivity contribution is 5.31. The molecule has 66 valence electrons. The first-order valence-electron chi connectivity index (χ1n) is 3.99. The van der Waals surface area contributed by atoms with Gasteiger partial charge in [0.15, 0.2) is 0 Å². The summed E-state index contributed by atoms with van der Waals surface area (Å²) in [5.74, 6) is 0.545. The van der Waals surface area contributed by atoms with Crippen LogP contribution in [0.1, 0.15) is 0 Å². The number of hydrogen-bond donors (Lipinski definition) is 1. The van der Waals surface area contributed by atoms with E-state index in [0.717, 1.165) is 5.69 Å². The summed E-state index contributed by atoms with van der Waals surface area (Å²) >= 11 is 0. The first kappa shape index (κ1) is 7.79. The van der Waals surface area contributed by atoms with Gasteiger partial charge in [-0.15, -0.1) is 10.2 Å². The molecule has 0 aliphatic carbocycles. The number of azo groups is 1. The summed E-state index contributed by atoms with van der Waals surface area (Å²) in [6, 6.07) is 1.84. The van der Waals surface area contributed by atoms with E-state index in [-0.39, 0.29) is 0 Å². The van der Waals surface area contributed by atoms with Gasteiger partial charge in [-0.05, 0) is 12.1 Å². The molecule has 0 saturated carbocycles. The van der Waals surface area contributed by atoms with Crippen molar-refractivity contribution in [3.05, 3.63) is 42.6 Å². The molecule has 0 amide bonds. The number of nitrogens with one attached hydrogen (secondary N) is 1. The smallest absolute Gasteiger partial charge is 0.233 e. The monoisotopic (exact) mass is 175 g/mol. The summed E-state index contributed by atoms with van der Waals surface area (Å²) < 4.78 is 5.18. The van der Waals surface area contributed by atoms with Crippen molar-refractivity contribution in [1.29, 1.82) is 0 Å². The molecule has 1 N–H and O–H groups in total. The zero-order valence-electron chi connectivity index (χ0n) is 6.97. The minimum atomic E-state index is 0.545. The second-order valence-electron chi connectivity index (χ2n) is 2.51. The van der Waals surface area contributed by atoms with Crippen molar-refractivity contribution in [3.8, 4) is 0 Å². The third-order valence-corrected chi connectivity index (χ3v) is 1.55. The fourth-order valence-electron chi connectivity index (χ4n) is 0.934. The topological polar surface area (TPSA) is 49.7 Å². The molecule has 0 fully saturated rings. The number of aromatic nitrogens is 1. The molecule has 0 spiro atoms. The quantitative estimate of drug-likeness (QED) is 0.690. The molecule has 1 aliphatic rings. The van der Waals surface area contributed by atoms with Crippen LogP contribution in [0.5, 0.6) is 0 Å². The summed E-state index contributed by atoms with van der Waals surface area (Å²) in [6.07, 6.45) is 9.15. The summed E-state index contributed by atoms with van der Waals surface area (Å²) in [4.78, 5) is 2.89. The zero-order chi connectivity index (χ0) is 8.93. The minimum Gasteiger partial charge on any atom is -0.472 e. The van der Waals surface area contributed by atoms with Crippen molar-refractivity contribution in [3.63, 3.8) is 0 Å². The Bertz CT molecular complexity index is 349. The molecule has 0 atom stereocenters. The third kappa shape index (κ3) is 2.05. The lowest BCUT2D eigenvalue weighted by Gasteiger charge is -2.03. The number of allylic oxidation sites excluding steroid dienone is 2. The molecular weight excluding hydrogens is 166 g/mol. The number of H-pyrrole nitrogens is 1. The van der Waals surface area contributed by atoms with Crippen LogP contribution >= 0.6 is 0 Å². The minimum absolute atomic E-state index is 0.545. The van der Waals surface area contributed by atoms with E-state index < -0.39 is 0 Å². The summed E-state index contributed by atoms with van der Waals surface area (Å²) in [5, 5.41) is 7.87. The molecule has 13 heavy (non-hydrogen) atoms. The molecule has 0 unspecified atom stereocenters. The van der Waals surface area contributed by atoms with Gasteiger partial charge in [0.25, 0.3) is 0 Å². The Morgan fingerprint density at radius 2 is 2.38 bits per heavy atom. The van der Waals surface area contributed by atoms with Gasteiger partial charge < -0.3 is 9.72 Å². The number of aromatic amines is 1. The Hall–Kier alpha value is -1.84. The van der Waals surface area contributed by atoms with Gasteiger partial charge in [0.1, 0.15) is 12.3 Å². The van der Waals surface area contributed by atoms with Crippen molar-refractivity contribution in [2.24, 2.45) is 10.2 Å². The van der Waals surface area contributed by atoms with E-state index in [9.17, 15) is 0 Å². The van der Waals surface area contributed by atoms with E-state index in [1.807, 2.05) is 18.2 Å². The summed E-state index contributed by atoms with van der Waals surface area (Å²) in [7, 11) is 0. The summed E-state index contributed by atoms with van der Waals surface area (Å²) in [5.41, 5.74) is 0.791. The Labute approximate surface area is 75.6 Å². The Balaban J connectivity index is 2.05. The van der Waals surface area contributed by atoms with Gasteiger partial charge in [-0.2, -0.15) is 0 Å². The molecule has 2 heterocycles. The van der Waals surface area contributed by atoms with Crippen molar-refractivity contribution < 1.29 is 4.74 Å². The maximum absolute atomic E-state index is 5.18. The van der Waals surface area contributed by atoms with Gasteiger partial charge in [-0.25, -0.2) is 0 Å². The first-order valence-corrected chi connectivity index (χ1v) is 3.99. The molecule has 0 aromatic carbocycles. The van der Waals surface area contributed by atoms with Crippen LogP contribution in [-0.2, 0) is 4.74 Å². The number of rotatable bonds is 2. The molecule has 4 nitrogen and oxygen atoms in total. The maximum Gasteiger partial charge on any atom is 0.233 e. The molecular formula is C9H9N3O. The molecule has 0 saturated heterocycles. The average Bonchev–Trinajstić information content (AvgIpc) is 2.69. The van der Waals surface area contributed by atoms with Gasteiger partial charge in [0.05, 0.1) is 0 Å². The highest BCUT2D eigenvalue weighted by Gasteiger charge is 1.96. The third-order valence-electron chi connectivity index (χ3n) is 1.55. The Morgan fingerprint density at radius 1 is 1.38 bits per heavy atom. The molecule has 2 rings (SSSR count). The Morgan fingerprint density at radius 3 is 3.08 bits per heavy atom. The lowest BCUT2D eigenvalue weighted by molar-refractivity contribution is 0.238. The highest BCUT2D eigenvalue weighted by Crippen LogP contribution is 2.13. The van der Waals surface area contributed by atoms with Crippen molar-refractivity contribution >= 4 is 5.69 Å². The van der Waals surface area contributed by atoms with Crippen LogP contribution in [0.2, 0.25) is 0 Å². The van der Waals surface area contributed by atoms with E-state index in [4.69, 9.17) is 4.74 Å². The van der Waals surface area contributed by atoms with Crippen LogP contribution < -0.4 is 0 Å². The fraction of sp³-hybridized carbons (Fsp3) is 0.111. The van der Waals surface area contributed by atoms with E-state index in [1.54, 1.807) is 18.5 Å². The van der Waals surface area contributed by atoms with Crippen molar-refractivity contribution in [2.45, 2.75) is 0 Å². The van der Waals surface area contributed by atoms with Crippen LogP contribution in [0.4, 0.5) is 5.69 Å². The predicted octanol–water partition coefficient (Wildman–Crippen LogP) is 2.53. The van der Waals surface area contributed by atoms with Gasteiger partial charge in [0.2, 0.25) is 5.88 Å². The zero-order valence-corrected chi connectivity index (χ0v) is 6.97. The molecule has 0 radical (unpaired) electrons. The molecule has 4 heteroatoms.